The number of rotatable bonds is 8. The summed E-state index contributed by atoms with van der Waals surface area (Å²) in [5.74, 6) is 0.318. The van der Waals surface area contributed by atoms with Crippen LogP contribution in [0.15, 0.2) is 36.5 Å². The highest BCUT2D eigenvalue weighted by molar-refractivity contribution is 5.70. The largest absolute Gasteiger partial charge is 0.426 e. The molecule has 2 rings (SSSR count). The lowest BCUT2D eigenvalue weighted by molar-refractivity contribution is -0.131. The molecular formula is C21H28N2O3. The van der Waals surface area contributed by atoms with Crippen LogP contribution in [0.5, 0.6) is 5.75 Å². The highest BCUT2D eigenvalue weighted by Crippen LogP contribution is 2.26. The van der Waals surface area contributed by atoms with Crippen LogP contribution in [0.2, 0.25) is 0 Å². The monoisotopic (exact) mass is 356 g/mol. The number of esters is 1. The topological polar surface area (TPSA) is 62.7 Å². The normalized spacial score (nSPS) is 12.2. The second-order valence-corrected chi connectivity index (χ2v) is 6.62. The Morgan fingerprint density at radius 1 is 1.23 bits per heavy atom. The van der Waals surface area contributed by atoms with E-state index in [1.807, 2.05) is 44.2 Å². The van der Waals surface area contributed by atoms with Crippen molar-refractivity contribution in [2.24, 2.45) is 0 Å². The number of carbonyl (C=O) groups excluding carboxylic acids is 1. The number of nitrogens with zero attached hydrogens (tertiary/aromatic N) is 2. The van der Waals surface area contributed by atoms with Gasteiger partial charge in [-0.2, -0.15) is 0 Å². The molecule has 5 nitrogen and oxygen atoms in total. The van der Waals surface area contributed by atoms with Gasteiger partial charge in [0.1, 0.15) is 5.75 Å². The van der Waals surface area contributed by atoms with E-state index in [4.69, 9.17) is 4.74 Å². The molecule has 1 aromatic heterocycles. The molecule has 1 aromatic carbocycles. The zero-order valence-electron chi connectivity index (χ0n) is 16.0. The third-order valence-electron chi connectivity index (χ3n) is 4.44. The molecule has 0 aliphatic heterocycles. The molecule has 0 fully saturated rings. The third kappa shape index (κ3) is 5.38. The molecule has 140 valence electrons. The van der Waals surface area contributed by atoms with Gasteiger partial charge < -0.3 is 9.84 Å². The zero-order chi connectivity index (χ0) is 19.1. The lowest BCUT2D eigenvalue weighted by Gasteiger charge is -2.30. The van der Waals surface area contributed by atoms with Gasteiger partial charge in [0, 0.05) is 32.3 Å². The van der Waals surface area contributed by atoms with Crippen LogP contribution >= 0.6 is 0 Å². The number of hydrogen-bond acceptors (Lipinski definition) is 5. The van der Waals surface area contributed by atoms with Crippen molar-refractivity contribution in [1.82, 2.24) is 9.88 Å². The minimum Gasteiger partial charge on any atom is -0.426 e. The van der Waals surface area contributed by atoms with E-state index in [1.54, 1.807) is 6.20 Å². The molecule has 0 aliphatic rings. The van der Waals surface area contributed by atoms with Crippen LogP contribution in [0.1, 0.15) is 42.7 Å². The molecule has 0 bridgehead atoms. The zero-order valence-corrected chi connectivity index (χ0v) is 16.0. The number of carbonyl (C=O) groups is 1. The third-order valence-corrected chi connectivity index (χ3v) is 4.44. The average molecular weight is 356 g/mol. The maximum atomic E-state index is 11.3. The fraction of sp³-hybridized carbons (Fsp3) is 0.429. The summed E-state index contributed by atoms with van der Waals surface area (Å²) in [5.41, 5.74) is 3.97. The Morgan fingerprint density at radius 2 is 1.92 bits per heavy atom. The lowest BCUT2D eigenvalue weighted by Crippen LogP contribution is -2.36. The summed E-state index contributed by atoms with van der Waals surface area (Å²) in [6.45, 7) is 8.84. The van der Waals surface area contributed by atoms with E-state index in [0.29, 0.717) is 18.8 Å². The predicted molar refractivity (Wildman–Crippen MR) is 102 cm³/mol. The standard InChI is InChI=1S/C21H28N2O3/c1-5-20(14-24)23(13-19-8-6-7-9-22-19)12-18-10-15(2)21(16(3)11-18)26-17(4)25/h6-11,20,24H,5,12-14H2,1-4H3/t20-/m1/s1. The van der Waals surface area contributed by atoms with Crippen LogP contribution in [-0.4, -0.2) is 33.6 Å². The Labute approximate surface area is 155 Å². The van der Waals surface area contributed by atoms with Crippen molar-refractivity contribution in [3.05, 3.63) is 58.9 Å². The van der Waals surface area contributed by atoms with Crippen molar-refractivity contribution in [3.63, 3.8) is 0 Å². The van der Waals surface area contributed by atoms with E-state index in [2.05, 4.69) is 16.8 Å². The molecule has 0 amide bonds. The van der Waals surface area contributed by atoms with Gasteiger partial charge in [-0.05, 0) is 49.1 Å². The van der Waals surface area contributed by atoms with E-state index < -0.39 is 0 Å². The van der Waals surface area contributed by atoms with Gasteiger partial charge in [-0.15, -0.1) is 0 Å². The number of aromatic nitrogens is 1. The summed E-state index contributed by atoms with van der Waals surface area (Å²) < 4.78 is 5.32. The first-order valence-corrected chi connectivity index (χ1v) is 8.98. The van der Waals surface area contributed by atoms with Crippen LogP contribution < -0.4 is 4.74 Å². The van der Waals surface area contributed by atoms with Crippen molar-refractivity contribution < 1.29 is 14.6 Å². The molecule has 0 unspecified atom stereocenters. The number of ether oxygens (including phenoxy) is 1. The first-order chi connectivity index (χ1) is 12.4. The van der Waals surface area contributed by atoms with Crippen molar-refractivity contribution in [2.45, 2.75) is 53.2 Å². The fourth-order valence-electron chi connectivity index (χ4n) is 3.19. The smallest absolute Gasteiger partial charge is 0.308 e. The highest BCUT2D eigenvalue weighted by Gasteiger charge is 2.18. The van der Waals surface area contributed by atoms with E-state index in [9.17, 15) is 9.90 Å². The average Bonchev–Trinajstić information content (AvgIpc) is 2.60. The minimum atomic E-state index is -0.313. The number of aliphatic hydroxyl groups excluding tert-OH is 1. The van der Waals surface area contributed by atoms with Crippen molar-refractivity contribution in [3.8, 4) is 5.75 Å². The van der Waals surface area contributed by atoms with Crippen molar-refractivity contribution in [1.29, 1.82) is 0 Å². The molecule has 0 aliphatic carbocycles. The van der Waals surface area contributed by atoms with Gasteiger partial charge in [0.15, 0.2) is 0 Å². The second kappa shape index (κ2) is 9.46. The number of aliphatic hydroxyl groups is 1. The van der Waals surface area contributed by atoms with E-state index in [1.165, 1.54) is 6.92 Å². The minimum absolute atomic E-state index is 0.0609. The van der Waals surface area contributed by atoms with Crippen molar-refractivity contribution in [2.75, 3.05) is 6.61 Å². The Morgan fingerprint density at radius 3 is 2.42 bits per heavy atom. The van der Waals surface area contributed by atoms with E-state index >= 15 is 0 Å². The summed E-state index contributed by atoms with van der Waals surface area (Å²) in [5, 5.41) is 9.79. The molecule has 5 heteroatoms. The molecule has 2 aromatic rings. The number of aryl methyl sites for hydroxylation is 2. The predicted octanol–water partition coefficient (Wildman–Crippen LogP) is 3.40. The van der Waals surface area contributed by atoms with Gasteiger partial charge in [0.05, 0.1) is 12.3 Å². The summed E-state index contributed by atoms with van der Waals surface area (Å²) in [7, 11) is 0. The summed E-state index contributed by atoms with van der Waals surface area (Å²) >= 11 is 0. The molecule has 0 radical (unpaired) electrons. The molecule has 1 heterocycles. The molecule has 0 saturated heterocycles. The summed E-state index contributed by atoms with van der Waals surface area (Å²) in [6.07, 6.45) is 2.64. The van der Waals surface area contributed by atoms with Gasteiger partial charge in [0.2, 0.25) is 0 Å². The Hall–Kier alpha value is -2.24. The molecule has 0 spiro atoms. The Bertz CT molecular complexity index is 704. The number of benzene rings is 1. The Kier molecular flexibility index (Phi) is 7.30. The van der Waals surface area contributed by atoms with Gasteiger partial charge in [-0.1, -0.05) is 25.1 Å². The molecule has 0 saturated carbocycles. The van der Waals surface area contributed by atoms with Gasteiger partial charge in [-0.3, -0.25) is 14.7 Å². The van der Waals surface area contributed by atoms with Crippen molar-refractivity contribution >= 4 is 5.97 Å². The van der Waals surface area contributed by atoms with Crippen LogP contribution in [0, 0.1) is 13.8 Å². The Balaban J connectivity index is 2.25. The van der Waals surface area contributed by atoms with Gasteiger partial charge in [-0.25, -0.2) is 0 Å². The second-order valence-electron chi connectivity index (χ2n) is 6.62. The van der Waals surface area contributed by atoms with Crippen LogP contribution in [0.25, 0.3) is 0 Å². The van der Waals surface area contributed by atoms with E-state index in [-0.39, 0.29) is 18.6 Å². The highest BCUT2D eigenvalue weighted by atomic mass is 16.5. The van der Waals surface area contributed by atoms with Crippen LogP contribution in [0.4, 0.5) is 0 Å². The number of pyridine rings is 1. The maximum absolute atomic E-state index is 11.3. The number of hydrogen-bond donors (Lipinski definition) is 1. The summed E-state index contributed by atoms with van der Waals surface area (Å²) in [4.78, 5) is 17.9. The molecule has 26 heavy (non-hydrogen) atoms. The van der Waals surface area contributed by atoms with E-state index in [0.717, 1.165) is 28.8 Å². The lowest BCUT2D eigenvalue weighted by atomic mass is 10.0. The molecule has 1 N–H and O–H groups in total. The van der Waals surface area contributed by atoms with Crippen LogP contribution in [-0.2, 0) is 17.9 Å². The SMILES string of the molecule is CC[C@H](CO)N(Cc1cc(C)c(OC(C)=O)c(C)c1)Cc1ccccn1. The van der Waals surface area contributed by atoms with Gasteiger partial charge >= 0.3 is 5.97 Å². The van der Waals surface area contributed by atoms with Crippen LogP contribution in [0.3, 0.4) is 0 Å². The quantitative estimate of drug-likeness (QED) is 0.580. The summed E-state index contributed by atoms with van der Waals surface area (Å²) in [6, 6.07) is 10.0. The molecular weight excluding hydrogens is 328 g/mol. The first-order valence-electron chi connectivity index (χ1n) is 8.98. The fourth-order valence-corrected chi connectivity index (χ4v) is 3.19. The van der Waals surface area contributed by atoms with Gasteiger partial charge in [0.25, 0.3) is 0 Å². The first kappa shape index (κ1) is 20.1. The maximum Gasteiger partial charge on any atom is 0.308 e. The molecule has 1 atom stereocenters.